The Bertz CT molecular complexity index is 1850. The minimum absolute atomic E-state index is 0.0920. The molecule has 3 aromatic carbocycles. The smallest absolute Gasteiger partial charge is 0.418 e. The first-order valence-electron chi connectivity index (χ1n) is 12.2. The number of rotatable bonds is 11. The molecule has 2 N–H and O–H groups in total. The molecule has 0 aliphatic rings. The Morgan fingerprint density at radius 3 is 2.05 bits per heavy atom. The van der Waals surface area contributed by atoms with E-state index in [1.807, 2.05) is 0 Å². The molecule has 1 aromatic heterocycles. The summed E-state index contributed by atoms with van der Waals surface area (Å²) < 4.78 is 105. The molecule has 0 aliphatic heterocycles. The molecule has 0 amide bonds. The van der Waals surface area contributed by atoms with Crippen LogP contribution < -0.4 is 13.8 Å². The largest absolute Gasteiger partial charge is 0.497 e. The van der Waals surface area contributed by atoms with Crippen LogP contribution in [-0.2, 0) is 29.6 Å². The quantitative estimate of drug-likeness (QED) is 0.240. The van der Waals surface area contributed by atoms with Crippen LogP contribution in [0.15, 0.2) is 88.8 Å². The van der Waals surface area contributed by atoms with Gasteiger partial charge in [-0.25, -0.2) is 26.1 Å². The van der Waals surface area contributed by atoms with E-state index in [9.17, 15) is 39.9 Å². The Morgan fingerprint density at radius 1 is 0.930 bits per heavy atom. The molecule has 4 aromatic rings. The van der Waals surface area contributed by atoms with Crippen LogP contribution in [0.25, 0.3) is 10.8 Å². The number of ether oxygens (including phenoxy) is 2. The highest BCUT2D eigenvalue weighted by Gasteiger charge is 2.41. The summed E-state index contributed by atoms with van der Waals surface area (Å²) >= 11 is 0. The zero-order valence-electron chi connectivity index (χ0n) is 22.4. The lowest BCUT2D eigenvalue weighted by Gasteiger charge is -2.24. The highest BCUT2D eigenvalue weighted by Crippen LogP contribution is 2.37. The number of aromatic nitrogens is 1. The van der Waals surface area contributed by atoms with Gasteiger partial charge >= 0.3 is 12.1 Å². The Balaban J connectivity index is 1.75. The van der Waals surface area contributed by atoms with Crippen LogP contribution in [0.1, 0.15) is 11.7 Å². The molecule has 1 heterocycles. The Labute approximate surface area is 244 Å². The number of carboxylic acids is 1. The summed E-state index contributed by atoms with van der Waals surface area (Å²) in [4.78, 5) is 15.3. The number of aliphatic carboxylic acids is 1. The van der Waals surface area contributed by atoms with E-state index in [1.54, 1.807) is 6.07 Å². The van der Waals surface area contributed by atoms with Gasteiger partial charge in [0.15, 0.2) is 11.9 Å². The van der Waals surface area contributed by atoms with Crippen LogP contribution in [-0.4, -0.2) is 59.8 Å². The van der Waals surface area contributed by atoms with Crippen LogP contribution in [0, 0.1) is 0 Å². The first kappa shape index (κ1) is 31.5. The number of carbonyl (C=O) groups is 1. The maximum absolute atomic E-state index is 13.6. The van der Waals surface area contributed by atoms with Crippen molar-refractivity contribution < 1.29 is 49.4 Å². The summed E-state index contributed by atoms with van der Waals surface area (Å²) in [6.45, 7) is -0.997. The SMILES string of the molecule is COc1ccc(S(=O)(=O)N(CC(=O)O)c2ncc(NS(=O)(=O)c3ccc(C(OC)C(F)(F)F)cc3)c3ccccc23)cc1. The summed E-state index contributed by atoms with van der Waals surface area (Å²) in [5.41, 5.74) is -0.396. The third-order valence-corrected chi connectivity index (χ3v) is 9.34. The van der Waals surface area contributed by atoms with E-state index in [-0.39, 0.29) is 37.6 Å². The van der Waals surface area contributed by atoms with Crippen molar-refractivity contribution >= 4 is 48.3 Å². The number of nitrogens with one attached hydrogen (secondary N) is 1. The highest BCUT2D eigenvalue weighted by molar-refractivity contribution is 7.93. The van der Waals surface area contributed by atoms with Gasteiger partial charge < -0.3 is 14.6 Å². The molecule has 0 saturated carbocycles. The molecule has 0 fully saturated rings. The standard InChI is InChI=1S/C27H24F3N3O8S2/c1-40-18-9-13-20(14-10-18)43(38,39)33(16-24(34)35)26-22-6-4-3-5-21(22)23(15-31-26)32-42(36,37)19-11-7-17(8-12-19)25(41-2)27(28,29)30/h3-15,25,32H,16H2,1-2H3,(H,34,35). The molecule has 0 saturated heterocycles. The molecule has 4 rings (SSSR count). The molecule has 1 unspecified atom stereocenters. The molecular formula is C27H24F3N3O8S2. The fourth-order valence-electron chi connectivity index (χ4n) is 4.21. The summed E-state index contributed by atoms with van der Waals surface area (Å²) in [6, 6.07) is 15.1. The summed E-state index contributed by atoms with van der Waals surface area (Å²) in [7, 11) is -6.57. The second kappa shape index (κ2) is 12.1. The second-order valence-electron chi connectivity index (χ2n) is 8.95. The van der Waals surface area contributed by atoms with Gasteiger partial charge in [-0.05, 0) is 42.0 Å². The van der Waals surface area contributed by atoms with Crippen molar-refractivity contribution in [2.75, 3.05) is 29.8 Å². The number of alkyl halides is 3. The van der Waals surface area contributed by atoms with Crippen molar-refractivity contribution in [2.45, 2.75) is 22.1 Å². The molecule has 16 heteroatoms. The number of sulfonamides is 2. The first-order valence-corrected chi connectivity index (χ1v) is 15.1. The predicted molar refractivity (Wildman–Crippen MR) is 150 cm³/mol. The zero-order chi connectivity index (χ0) is 31.6. The maximum Gasteiger partial charge on any atom is 0.418 e. The number of benzene rings is 3. The number of carboxylic acid groups (broad SMARTS) is 1. The normalized spacial score (nSPS) is 13.0. The van der Waals surface area contributed by atoms with Gasteiger partial charge in [0.25, 0.3) is 20.0 Å². The first-order chi connectivity index (χ1) is 20.2. The van der Waals surface area contributed by atoms with Crippen molar-refractivity contribution in [3.8, 4) is 5.75 Å². The lowest BCUT2D eigenvalue weighted by Crippen LogP contribution is -2.36. The third kappa shape index (κ3) is 6.65. The average molecular weight is 640 g/mol. The highest BCUT2D eigenvalue weighted by atomic mass is 32.2. The van der Waals surface area contributed by atoms with Gasteiger partial charge in [0.2, 0.25) is 0 Å². The van der Waals surface area contributed by atoms with Gasteiger partial charge in [0.05, 0.1) is 28.8 Å². The summed E-state index contributed by atoms with van der Waals surface area (Å²) in [5.74, 6) is -1.38. The number of anilines is 2. The van der Waals surface area contributed by atoms with Crippen molar-refractivity contribution in [3.63, 3.8) is 0 Å². The number of fused-ring (bicyclic) bond motifs is 1. The number of nitrogens with zero attached hydrogens (tertiary/aromatic N) is 2. The molecular weight excluding hydrogens is 615 g/mol. The van der Waals surface area contributed by atoms with Gasteiger partial charge in [-0.3, -0.25) is 9.52 Å². The van der Waals surface area contributed by atoms with Crippen molar-refractivity contribution in [1.82, 2.24) is 4.98 Å². The molecule has 11 nitrogen and oxygen atoms in total. The predicted octanol–water partition coefficient (Wildman–Crippen LogP) is 4.57. The molecule has 0 spiro atoms. The van der Waals surface area contributed by atoms with E-state index in [0.717, 1.165) is 37.6 Å². The van der Waals surface area contributed by atoms with E-state index >= 15 is 0 Å². The number of methoxy groups -OCH3 is 2. The van der Waals surface area contributed by atoms with E-state index in [2.05, 4.69) is 14.4 Å². The Hall–Kier alpha value is -4.41. The number of hydrogen-bond acceptors (Lipinski definition) is 8. The minimum atomic E-state index is -4.71. The van der Waals surface area contributed by atoms with E-state index < -0.39 is 44.8 Å². The fraction of sp³-hybridized carbons (Fsp3) is 0.185. The fourth-order valence-corrected chi connectivity index (χ4v) is 6.67. The molecule has 1 atom stereocenters. The van der Waals surface area contributed by atoms with Crippen molar-refractivity contribution in [3.05, 3.63) is 84.6 Å². The lowest BCUT2D eigenvalue weighted by atomic mass is 10.1. The Morgan fingerprint density at radius 2 is 1.51 bits per heavy atom. The number of hydrogen-bond donors (Lipinski definition) is 2. The average Bonchev–Trinajstić information content (AvgIpc) is 2.96. The van der Waals surface area contributed by atoms with Crippen LogP contribution in [0.5, 0.6) is 5.75 Å². The molecule has 43 heavy (non-hydrogen) atoms. The van der Waals surface area contributed by atoms with E-state index in [0.29, 0.717) is 10.1 Å². The van der Waals surface area contributed by atoms with E-state index in [1.165, 1.54) is 49.6 Å². The van der Waals surface area contributed by atoms with Gasteiger partial charge in [0, 0.05) is 17.9 Å². The maximum atomic E-state index is 13.6. The monoisotopic (exact) mass is 639 g/mol. The van der Waals surface area contributed by atoms with Crippen molar-refractivity contribution in [1.29, 1.82) is 0 Å². The van der Waals surface area contributed by atoms with Crippen LogP contribution in [0.3, 0.4) is 0 Å². The minimum Gasteiger partial charge on any atom is -0.497 e. The van der Waals surface area contributed by atoms with Gasteiger partial charge in [-0.2, -0.15) is 13.2 Å². The lowest BCUT2D eigenvalue weighted by molar-refractivity contribution is -0.216. The third-order valence-electron chi connectivity index (χ3n) is 6.21. The van der Waals surface area contributed by atoms with Crippen molar-refractivity contribution in [2.24, 2.45) is 0 Å². The number of pyridine rings is 1. The van der Waals surface area contributed by atoms with Crippen LogP contribution >= 0.6 is 0 Å². The summed E-state index contributed by atoms with van der Waals surface area (Å²) in [6.07, 6.45) is -5.94. The summed E-state index contributed by atoms with van der Waals surface area (Å²) in [5, 5.41) is 9.81. The zero-order valence-corrected chi connectivity index (χ0v) is 24.1. The molecule has 0 bridgehead atoms. The van der Waals surface area contributed by atoms with Gasteiger partial charge in [-0.15, -0.1) is 0 Å². The number of halogens is 3. The van der Waals surface area contributed by atoms with Gasteiger partial charge in [0.1, 0.15) is 12.3 Å². The van der Waals surface area contributed by atoms with Crippen LogP contribution in [0.4, 0.5) is 24.7 Å². The molecule has 228 valence electrons. The Kier molecular flexibility index (Phi) is 8.84. The van der Waals surface area contributed by atoms with Crippen LogP contribution in [0.2, 0.25) is 0 Å². The van der Waals surface area contributed by atoms with E-state index in [4.69, 9.17) is 4.74 Å². The second-order valence-corrected chi connectivity index (χ2v) is 12.5. The molecule has 0 aliphatic carbocycles. The molecule has 0 radical (unpaired) electrons. The van der Waals surface area contributed by atoms with Gasteiger partial charge in [-0.1, -0.05) is 36.4 Å². The topological polar surface area (TPSA) is 152 Å².